The number of esters is 2. The molecule has 0 unspecified atom stereocenters. The number of aliphatic imine (C=N–C) groups is 1. The molecule has 11 heteroatoms. The lowest BCUT2D eigenvalue weighted by Gasteiger charge is -2.13. The van der Waals surface area contributed by atoms with Gasteiger partial charge in [0.15, 0.2) is 17.2 Å². The molecule has 36 heavy (non-hydrogen) atoms. The van der Waals surface area contributed by atoms with Gasteiger partial charge in [-0.1, -0.05) is 41.4 Å². The predicted octanol–water partition coefficient (Wildman–Crippen LogP) is 5.78. The fraction of sp³-hybridized carbons (Fsp3) is 0.0800. The van der Waals surface area contributed by atoms with Crippen LogP contribution in [0.15, 0.2) is 65.3 Å². The van der Waals surface area contributed by atoms with Crippen molar-refractivity contribution in [2.24, 2.45) is 4.99 Å². The average molecular weight is 527 g/mol. The summed E-state index contributed by atoms with van der Waals surface area (Å²) in [4.78, 5) is 39.7. The Morgan fingerprint density at radius 3 is 2.56 bits per heavy atom. The largest absolute Gasteiger partial charge is 0.493 e. The van der Waals surface area contributed by atoms with E-state index >= 15 is 0 Å². The second kappa shape index (κ2) is 10.2. The van der Waals surface area contributed by atoms with Gasteiger partial charge in [0, 0.05) is 12.1 Å². The Kier molecular flexibility index (Phi) is 7.05. The average Bonchev–Trinajstić information content (AvgIpc) is 3.20. The van der Waals surface area contributed by atoms with Gasteiger partial charge in [-0.25, -0.2) is 14.6 Å². The molecule has 0 saturated heterocycles. The minimum atomic E-state index is -0.794. The van der Waals surface area contributed by atoms with Crippen molar-refractivity contribution in [2.45, 2.75) is 6.92 Å². The van der Waals surface area contributed by atoms with E-state index in [-0.39, 0.29) is 44.4 Å². The molecule has 1 aliphatic rings. The molecule has 0 saturated carbocycles. The molecule has 0 amide bonds. The highest BCUT2D eigenvalue weighted by Gasteiger charge is 2.27. The fourth-order valence-corrected chi connectivity index (χ4v) is 3.80. The monoisotopic (exact) mass is 526 g/mol. The van der Waals surface area contributed by atoms with Crippen molar-refractivity contribution in [3.05, 3.63) is 103 Å². The summed E-state index contributed by atoms with van der Waals surface area (Å²) in [6.07, 6.45) is 1.38. The van der Waals surface area contributed by atoms with Gasteiger partial charge in [0.2, 0.25) is 5.90 Å². The van der Waals surface area contributed by atoms with E-state index in [2.05, 4.69) is 4.99 Å². The molecule has 0 atom stereocenters. The van der Waals surface area contributed by atoms with E-state index in [0.717, 1.165) is 11.6 Å². The maximum atomic E-state index is 12.6. The maximum absolute atomic E-state index is 12.6. The second-order valence-corrected chi connectivity index (χ2v) is 8.31. The summed E-state index contributed by atoms with van der Waals surface area (Å²) in [5, 5.41) is 11.3. The summed E-state index contributed by atoms with van der Waals surface area (Å²) in [6.45, 7) is 1.78. The van der Waals surface area contributed by atoms with Gasteiger partial charge >= 0.3 is 11.9 Å². The molecule has 4 rings (SSSR count). The number of nitrogens with zero attached hydrogens (tertiary/aromatic N) is 2. The summed E-state index contributed by atoms with van der Waals surface area (Å²) < 4.78 is 16.0. The highest BCUT2D eigenvalue weighted by molar-refractivity contribution is 6.34. The van der Waals surface area contributed by atoms with E-state index in [9.17, 15) is 19.7 Å². The first-order chi connectivity index (χ1) is 17.2. The first-order valence-electron chi connectivity index (χ1n) is 10.3. The highest BCUT2D eigenvalue weighted by Crippen LogP contribution is 2.38. The minimum absolute atomic E-state index is 0.0103. The summed E-state index contributed by atoms with van der Waals surface area (Å²) >= 11 is 12.5. The quantitative estimate of drug-likeness (QED) is 0.131. The van der Waals surface area contributed by atoms with Gasteiger partial charge in [-0.2, -0.15) is 0 Å². The van der Waals surface area contributed by atoms with Crippen LogP contribution in [-0.4, -0.2) is 29.9 Å². The van der Waals surface area contributed by atoms with Crippen LogP contribution >= 0.6 is 23.2 Å². The number of nitro groups is 1. The van der Waals surface area contributed by atoms with Crippen molar-refractivity contribution in [2.75, 3.05) is 7.11 Å². The third kappa shape index (κ3) is 5.07. The summed E-state index contributed by atoms with van der Waals surface area (Å²) in [6, 6.07) is 13.6. The van der Waals surface area contributed by atoms with Crippen molar-refractivity contribution in [1.29, 1.82) is 0 Å². The van der Waals surface area contributed by atoms with Crippen molar-refractivity contribution in [1.82, 2.24) is 0 Å². The van der Waals surface area contributed by atoms with E-state index in [4.69, 9.17) is 37.4 Å². The number of ether oxygens (including phenoxy) is 3. The number of cyclic esters (lactones) is 1. The van der Waals surface area contributed by atoms with Crippen LogP contribution < -0.4 is 9.47 Å². The number of non-ortho nitro benzene ring substituents is 1. The van der Waals surface area contributed by atoms with E-state index in [1.54, 1.807) is 31.2 Å². The zero-order chi connectivity index (χ0) is 26.0. The summed E-state index contributed by atoms with van der Waals surface area (Å²) in [7, 11) is 1.37. The zero-order valence-corrected chi connectivity index (χ0v) is 20.3. The van der Waals surface area contributed by atoms with E-state index in [0.29, 0.717) is 11.1 Å². The van der Waals surface area contributed by atoms with Crippen LogP contribution in [0.2, 0.25) is 10.0 Å². The molecule has 3 aromatic carbocycles. The number of carbonyl (C=O) groups excluding carboxylic acids is 2. The number of aryl methyl sites for hydroxylation is 1. The van der Waals surface area contributed by atoms with Crippen molar-refractivity contribution in [3.63, 3.8) is 0 Å². The number of halogens is 2. The molecule has 0 bridgehead atoms. The van der Waals surface area contributed by atoms with Crippen LogP contribution in [-0.2, 0) is 9.53 Å². The lowest BCUT2D eigenvalue weighted by molar-refractivity contribution is -0.384. The van der Waals surface area contributed by atoms with Crippen molar-refractivity contribution in [3.8, 4) is 11.5 Å². The van der Waals surface area contributed by atoms with Crippen LogP contribution in [0, 0.1) is 17.0 Å². The van der Waals surface area contributed by atoms with Gasteiger partial charge in [-0.3, -0.25) is 10.1 Å². The van der Waals surface area contributed by atoms with Crippen LogP contribution in [0.3, 0.4) is 0 Å². The van der Waals surface area contributed by atoms with Gasteiger partial charge in [0.25, 0.3) is 5.69 Å². The SMILES string of the molecule is COc1cc(/C=C2\N=C(c3cc([N+](=O)[O-])ccc3Cl)OC2=O)cc(Cl)c1OC(=O)c1ccccc1C. The molecule has 0 radical (unpaired) electrons. The molecule has 0 aromatic heterocycles. The third-order valence-electron chi connectivity index (χ3n) is 5.13. The topological polar surface area (TPSA) is 117 Å². The predicted molar refractivity (Wildman–Crippen MR) is 133 cm³/mol. The van der Waals surface area contributed by atoms with Crippen molar-refractivity contribution < 1.29 is 28.7 Å². The first-order valence-corrected chi connectivity index (χ1v) is 11.1. The molecule has 0 N–H and O–H groups in total. The fourth-order valence-electron chi connectivity index (χ4n) is 3.34. The van der Waals surface area contributed by atoms with E-state index in [1.807, 2.05) is 0 Å². The molecule has 9 nitrogen and oxygen atoms in total. The van der Waals surface area contributed by atoms with Crippen LogP contribution in [0.1, 0.15) is 27.0 Å². The Morgan fingerprint density at radius 2 is 1.86 bits per heavy atom. The number of nitro benzene ring substituents is 1. The number of benzene rings is 3. The Balaban J connectivity index is 1.66. The number of hydrogen-bond acceptors (Lipinski definition) is 8. The first kappa shape index (κ1) is 24.9. The highest BCUT2D eigenvalue weighted by atomic mass is 35.5. The number of hydrogen-bond donors (Lipinski definition) is 0. The van der Waals surface area contributed by atoms with E-state index < -0.39 is 16.9 Å². The number of carbonyl (C=O) groups is 2. The van der Waals surface area contributed by atoms with Gasteiger partial charge < -0.3 is 14.2 Å². The van der Waals surface area contributed by atoms with Crippen molar-refractivity contribution >= 4 is 52.8 Å². The number of methoxy groups -OCH3 is 1. The Hall–Kier alpha value is -4.21. The van der Waals surface area contributed by atoms with Crippen LogP contribution in [0.4, 0.5) is 5.69 Å². The molecular weight excluding hydrogens is 511 g/mol. The normalized spacial score (nSPS) is 13.8. The molecule has 1 heterocycles. The minimum Gasteiger partial charge on any atom is -0.493 e. The number of rotatable bonds is 6. The molecule has 0 spiro atoms. The molecule has 3 aromatic rings. The second-order valence-electron chi connectivity index (χ2n) is 7.50. The summed E-state index contributed by atoms with van der Waals surface area (Å²) in [5.41, 5.74) is 1.26. The maximum Gasteiger partial charge on any atom is 0.363 e. The van der Waals surface area contributed by atoms with Gasteiger partial charge in [-0.05, 0) is 48.4 Å². The molecule has 1 aliphatic heterocycles. The zero-order valence-electron chi connectivity index (χ0n) is 18.8. The lowest BCUT2D eigenvalue weighted by Crippen LogP contribution is -2.11. The van der Waals surface area contributed by atoms with Gasteiger partial charge in [0.1, 0.15) is 0 Å². The molecule has 182 valence electrons. The Morgan fingerprint density at radius 1 is 1.11 bits per heavy atom. The smallest absolute Gasteiger partial charge is 0.363 e. The Bertz CT molecular complexity index is 1480. The van der Waals surface area contributed by atoms with Crippen LogP contribution in [0.5, 0.6) is 11.5 Å². The summed E-state index contributed by atoms with van der Waals surface area (Å²) in [5.74, 6) is -1.42. The standard InChI is InChI=1S/C25H16Cl2N2O7/c1-13-5-3-4-6-16(13)24(30)35-22-19(27)9-14(11-21(22)34-2)10-20-25(31)36-23(28-20)17-12-15(29(32)33)7-8-18(17)26/h3-12H,1-2H3/b20-10-. The van der Waals surface area contributed by atoms with Gasteiger partial charge in [-0.15, -0.1) is 0 Å². The lowest BCUT2D eigenvalue weighted by atomic mass is 10.1. The van der Waals surface area contributed by atoms with Crippen LogP contribution in [0.25, 0.3) is 6.08 Å². The third-order valence-corrected chi connectivity index (χ3v) is 5.74. The van der Waals surface area contributed by atoms with E-state index in [1.165, 1.54) is 37.5 Å². The Labute approximate surface area is 214 Å². The molecule has 0 fully saturated rings. The molecule has 0 aliphatic carbocycles. The molecular formula is C25H16Cl2N2O7. The van der Waals surface area contributed by atoms with Gasteiger partial charge in [0.05, 0.1) is 33.2 Å².